The Bertz CT molecular complexity index is 580. The van der Waals surface area contributed by atoms with Gasteiger partial charge in [0.1, 0.15) is 0 Å². The molecule has 2 aliphatic rings. The lowest BCUT2D eigenvalue weighted by atomic mass is 10.1. The zero-order chi connectivity index (χ0) is 16.9. The molecule has 1 aromatic carbocycles. The number of nitrogens with one attached hydrogen (secondary N) is 2. The predicted octanol–water partition coefficient (Wildman–Crippen LogP) is 2.90. The Morgan fingerprint density at radius 3 is 2.38 bits per heavy atom. The van der Waals surface area contributed by atoms with Crippen molar-refractivity contribution in [3.05, 3.63) is 24.3 Å². The third-order valence-corrected chi connectivity index (χ3v) is 4.30. The topological polar surface area (TPSA) is 79.9 Å². The van der Waals surface area contributed by atoms with Gasteiger partial charge in [0, 0.05) is 36.5 Å². The molecule has 7 heteroatoms. The monoisotopic (exact) mass is 333 g/mol. The van der Waals surface area contributed by atoms with Crippen LogP contribution in [0.5, 0.6) is 0 Å². The van der Waals surface area contributed by atoms with Crippen LogP contribution in [0.2, 0.25) is 0 Å². The van der Waals surface area contributed by atoms with Crippen molar-refractivity contribution in [2.45, 2.75) is 25.3 Å². The number of methoxy groups -OCH3 is 1. The Morgan fingerprint density at radius 1 is 1.17 bits per heavy atom. The highest BCUT2D eigenvalue weighted by molar-refractivity contribution is 5.90. The van der Waals surface area contributed by atoms with Gasteiger partial charge in [0.15, 0.2) is 0 Å². The maximum Gasteiger partial charge on any atom is 0.411 e. The number of carbonyl (C=O) groups excluding carboxylic acids is 2. The number of amides is 3. The highest BCUT2D eigenvalue weighted by Gasteiger charge is 2.34. The van der Waals surface area contributed by atoms with Gasteiger partial charge >= 0.3 is 12.1 Å². The molecular formula is C17H23N3O4. The molecule has 1 saturated heterocycles. The predicted molar refractivity (Wildman–Crippen MR) is 90.1 cm³/mol. The minimum atomic E-state index is -0.523. The second-order valence-corrected chi connectivity index (χ2v) is 6.24. The molecule has 0 aromatic heterocycles. The Kier molecular flexibility index (Phi) is 5.20. The van der Waals surface area contributed by atoms with E-state index in [1.54, 1.807) is 24.3 Å². The van der Waals surface area contributed by atoms with Crippen molar-refractivity contribution in [2.75, 3.05) is 37.5 Å². The Balaban J connectivity index is 1.56. The normalized spacial score (nSPS) is 19.6. The van der Waals surface area contributed by atoms with Crippen LogP contribution >= 0.6 is 0 Å². The van der Waals surface area contributed by atoms with Gasteiger partial charge in [-0.05, 0) is 43.5 Å². The quantitative estimate of drug-likeness (QED) is 0.868. The van der Waals surface area contributed by atoms with Gasteiger partial charge in [-0.1, -0.05) is 0 Å². The smallest absolute Gasteiger partial charge is 0.411 e. The van der Waals surface area contributed by atoms with Crippen LogP contribution in [-0.4, -0.2) is 49.9 Å². The van der Waals surface area contributed by atoms with Crippen LogP contribution in [0.15, 0.2) is 24.3 Å². The average molecular weight is 333 g/mol. The minimum Gasteiger partial charge on any atom is -0.453 e. The molecule has 7 nitrogen and oxygen atoms in total. The SMILES string of the molecule is COC(=O)Nc1ccc(NC(=O)N(CC2CCOC2)C2CC2)cc1. The number of benzene rings is 1. The summed E-state index contributed by atoms with van der Waals surface area (Å²) in [4.78, 5) is 25.7. The first-order valence-corrected chi connectivity index (χ1v) is 8.26. The van der Waals surface area contributed by atoms with Crippen molar-refractivity contribution < 1.29 is 19.1 Å². The summed E-state index contributed by atoms with van der Waals surface area (Å²) in [7, 11) is 1.31. The zero-order valence-corrected chi connectivity index (χ0v) is 13.8. The fourth-order valence-corrected chi connectivity index (χ4v) is 2.79. The van der Waals surface area contributed by atoms with Crippen LogP contribution < -0.4 is 10.6 Å². The van der Waals surface area contributed by atoms with Crippen molar-refractivity contribution in [2.24, 2.45) is 5.92 Å². The van der Waals surface area contributed by atoms with Crippen molar-refractivity contribution >= 4 is 23.5 Å². The maximum absolute atomic E-state index is 12.6. The summed E-state index contributed by atoms with van der Waals surface area (Å²) in [6.07, 6.45) is 2.64. The first-order valence-electron chi connectivity index (χ1n) is 8.26. The zero-order valence-electron chi connectivity index (χ0n) is 13.8. The van der Waals surface area contributed by atoms with Gasteiger partial charge in [-0.25, -0.2) is 9.59 Å². The van der Waals surface area contributed by atoms with E-state index in [0.29, 0.717) is 23.3 Å². The first-order chi connectivity index (χ1) is 11.7. The van der Waals surface area contributed by atoms with E-state index in [1.807, 2.05) is 4.90 Å². The standard InChI is InChI=1S/C17H23N3O4/c1-23-17(22)19-14-4-2-13(3-5-14)18-16(21)20(15-6-7-15)10-12-8-9-24-11-12/h2-5,12,15H,6-11H2,1H3,(H,18,21)(H,19,22). The van der Waals surface area contributed by atoms with Gasteiger partial charge in [0.05, 0.1) is 13.7 Å². The highest BCUT2D eigenvalue weighted by atomic mass is 16.5. The van der Waals surface area contributed by atoms with Crippen LogP contribution in [0.25, 0.3) is 0 Å². The van der Waals surface area contributed by atoms with Gasteiger partial charge in [-0.2, -0.15) is 0 Å². The maximum atomic E-state index is 12.6. The van der Waals surface area contributed by atoms with E-state index >= 15 is 0 Å². The number of nitrogens with zero attached hydrogens (tertiary/aromatic N) is 1. The largest absolute Gasteiger partial charge is 0.453 e. The summed E-state index contributed by atoms with van der Waals surface area (Å²) < 4.78 is 9.95. The molecule has 3 rings (SSSR count). The third kappa shape index (κ3) is 4.38. The van der Waals surface area contributed by atoms with Gasteiger partial charge in [-0.3, -0.25) is 5.32 Å². The van der Waals surface area contributed by atoms with E-state index in [4.69, 9.17) is 4.74 Å². The Hall–Kier alpha value is -2.28. The molecule has 24 heavy (non-hydrogen) atoms. The lowest BCUT2D eigenvalue weighted by Crippen LogP contribution is -2.40. The molecule has 2 N–H and O–H groups in total. The third-order valence-electron chi connectivity index (χ3n) is 4.30. The molecule has 1 aliphatic heterocycles. The summed E-state index contributed by atoms with van der Waals surface area (Å²) in [5.41, 5.74) is 1.31. The van der Waals surface area contributed by atoms with E-state index in [-0.39, 0.29) is 6.03 Å². The molecule has 1 unspecified atom stereocenters. The number of urea groups is 1. The second kappa shape index (κ2) is 7.53. The number of hydrogen-bond acceptors (Lipinski definition) is 4. The lowest BCUT2D eigenvalue weighted by Gasteiger charge is -2.25. The molecule has 1 aromatic rings. The van der Waals surface area contributed by atoms with Crippen LogP contribution in [0, 0.1) is 5.92 Å². The molecular weight excluding hydrogens is 310 g/mol. The summed E-state index contributed by atoms with van der Waals surface area (Å²) in [5.74, 6) is 0.433. The van der Waals surface area contributed by atoms with Crippen LogP contribution in [0.3, 0.4) is 0 Å². The molecule has 0 bridgehead atoms. The van der Waals surface area contributed by atoms with Gasteiger partial charge in [-0.15, -0.1) is 0 Å². The van der Waals surface area contributed by atoms with Crippen molar-refractivity contribution in [1.82, 2.24) is 4.90 Å². The number of carbonyl (C=O) groups is 2. The molecule has 1 saturated carbocycles. The van der Waals surface area contributed by atoms with E-state index < -0.39 is 6.09 Å². The number of anilines is 2. The molecule has 130 valence electrons. The molecule has 1 heterocycles. The van der Waals surface area contributed by atoms with Crippen LogP contribution in [0.1, 0.15) is 19.3 Å². The molecule has 0 spiro atoms. The van der Waals surface area contributed by atoms with Crippen molar-refractivity contribution in [3.8, 4) is 0 Å². The highest BCUT2D eigenvalue weighted by Crippen LogP contribution is 2.29. The van der Waals surface area contributed by atoms with E-state index in [2.05, 4.69) is 15.4 Å². The first kappa shape index (κ1) is 16.6. The number of hydrogen-bond donors (Lipinski definition) is 2. The summed E-state index contributed by atoms with van der Waals surface area (Å²) in [6, 6.07) is 7.24. The average Bonchev–Trinajstić information content (AvgIpc) is 3.30. The van der Waals surface area contributed by atoms with E-state index in [1.165, 1.54) is 7.11 Å². The van der Waals surface area contributed by atoms with Crippen molar-refractivity contribution in [1.29, 1.82) is 0 Å². The minimum absolute atomic E-state index is 0.0712. The molecule has 1 aliphatic carbocycles. The van der Waals surface area contributed by atoms with Gasteiger partial charge < -0.3 is 19.7 Å². The number of ether oxygens (including phenoxy) is 2. The number of rotatable bonds is 5. The van der Waals surface area contributed by atoms with Crippen LogP contribution in [0.4, 0.5) is 21.0 Å². The molecule has 0 radical (unpaired) electrons. The summed E-state index contributed by atoms with van der Waals surface area (Å²) in [5, 5.41) is 5.51. The van der Waals surface area contributed by atoms with E-state index in [0.717, 1.165) is 39.0 Å². The van der Waals surface area contributed by atoms with E-state index in [9.17, 15) is 9.59 Å². The molecule has 2 fully saturated rings. The van der Waals surface area contributed by atoms with Gasteiger partial charge in [0.2, 0.25) is 0 Å². The molecule has 1 atom stereocenters. The fraction of sp³-hybridized carbons (Fsp3) is 0.529. The Morgan fingerprint density at radius 2 is 1.83 bits per heavy atom. The fourth-order valence-electron chi connectivity index (χ4n) is 2.79. The lowest BCUT2D eigenvalue weighted by molar-refractivity contribution is 0.167. The molecule has 3 amide bonds. The summed E-state index contributed by atoms with van der Waals surface area (Å²) in [6.45, 7) is 2.28. The van der Waals surface area contributed by atoms with Crippen LogP contribution in [-0.2, 0) is 9.47 Å². The second-order valence-electron chi connectivity index (χ2n) is 6.24. The van der Waals surface area contributed by atoms with Gasteiger partial charge in [0.25, 0.3) is 0 Å². The Labute approximate surface area is 141 Å². The summed E-state index contributed by atoms with van der Waals surface area (Å²) >= 11 is 0. The van der Waals surface area contributed by atoms with Crippen molar-refractivity contribution in [3.63, 3.8) is 0 Å².